The number of hydrogen-bond acceptors (Lipinski definition) is 6. The summed E-state index contributed by atoms with van der Waals surface area (Å²) >= 11 is 0. The first-order valence-corrected chi connectivity index (χ1v) is 34.8. The first kappa shape index (κ1) is 74.9. The lowest BCUT2D eigenvalue weighted by atomic mass is 10.0. The normalized spacial score (nSPS) is 12.1. The molecule has 1 atom stereocenters. The number of esters is 3. The smallest absolute Gasteiger partial charge is 0.306 e. The molecule has 0 aromatic rings. The summed E-state index contributed by atoms with van der Waals surface area (Å²) in [5, 5.41) is 0. The van der Waals surface area contributed by atoms with Crippen molar-refractivity contribution in [3.05, 3.63) is 24.3 Å². The zero-order valence-electron chi connectivity index (χ0n) is 52.3. The quantitative estimate of drug-likeness (QED) is 0.0261. The summed E-state index contributed by atoms with van der Waals surface area (Å²) in [5.41, 5.74) is 0. The van der Waals surface area contributed by atoms with Crippen LogP contribution >= 0.6 is 0 Å². The molecule has 0 amide bonds. The van der Waals surface area contributed by atoms with E-state index in [1.165, 1.54) is 289 Å². The van der Waals surface area contributed by atoms with Gasteiger partial charge in [0.2, 0.25) is 0 Å². The third-order valence-electron chi connectivity index (χ3n) is 15.9. The number of rotatable bonds is 65. The minimum absolute atomic E-state index is 0.0708. The number of carbonyl (C=O) groups is 3. The van der Waals surface area contributed by atoms with Gasteiger partial charge in [0.25, 0.3) is 0 Å². The molecule has 0 spiro atoms. The minimum Gasteiger partial charge on any atom is -0.462 e. The highest BCUT2D eigenvalue weighted by Gasteiger charge is 2.19. The van der Waals surface area contributed by atoms with Gasteiger partial charge in [-0.25, -0.2) is 0 Å². The van der Waals surface area contributed by atoms with Crippen LogP contribution in [0, 0.1) is 0 Å². The molecule has 77 heavy (non-hydrogen) atoms. The van der Waals surface area contributed by atoms with Gasteiger partial charge in [0.1, 0.15) is 13.2 Å². The largest absolute Gasteiger partial charge is 0.462 e. The molecule has 0 rings (SSSR count). The topological polar surface area (TPSA) is 78.9 Å². The van der Waals surface area contributed by atoms with Crippen molar-refractivity contribution in [2.45, 2.75) is 399 Å². The molecule has 6 heteroatoms. The van der Waals surface area contributed by atoms with Crippen LogP contribution in [0.15, 0.2) is 24.3 Å². The molecule has 0 aromatic heterocycles. The Morgan fingerprint density at radius 1 is 0.247 bits per heavy atom. The standard InChI is InChI=1S/C71H134O6/c1-4-7-10-13-16-19-22-24-26-28-29-30-31-32-33-34-35-36-37-38-39-40-41-43-44-46-49-52-55-58-61-64-70(73)76-67-68(66-75-69(72)63-60-57-54-51-48-21-18-15-12-9-6-3)77-71(74)65-62-59-56-53-50-47-45-42-27-25-23-20-17-14-11-8-5-2/h15,18,25,27,68H,4-14,16-17,19-24,26,28-67H2,1-3H3/b18-15-,27-25-. The summed E-state index contributed by atoms with van der Waals surface area (Å²) < 4.78 is 16.9. The van der Waals surface area contributed by atoms with Gasteiger partial charge in [-0.15, -0.1) is 0 Å². The Kier molecular flexibility index (Phi) is 64.6. The molecule has 0 aliphatic heterocycles. The zero-order chi connectivity index (χ0) is 55.7. The molecule has 0 saturated carbocycles. The molecule has 0 fully saturated rings. The first-order valence-electron chi connectivity index (χ1n) is 34.8. The fraction of sp³-hybridized carbons (Fsp3) is 0.901. The lowest BCUT2D eigenvalue weighted by molar-refractivity contribution is -0.167. The van der Waals surface area contributed by atoms with Crippen LogP contribution < -0.4 is 0 Å². The Bertz CT molecular complexity index is 1240. The highest BCUT2D eigenvalue weighted by atomic mass is 16.6. The number of allylic oxidation sites excluding steroid dienone is 4. The second-order valence-electron chi connectivity index (χ2n) is 23.8. The predicted octanol–water partition coefficient (Wildman–Crippen LogP) is 23.8. The van der Waals surface area contributed by atoms with E-state index in [0.29, 0.717) is 19.3 Å². The SMILES string of the molecule is CCCC/C=C\CCCCCCCC(=O)OCC(COC(=O)CCCCCCCCCCCCCCCCCCCCCCCCCCCCCCCCC)OC(=O)CCCCCCCCC/C=C\CCCCCCCC. The van der Waals surface area contributed by atoms with Crippen LogP contribution in [0.3, 0.4) is 0 Å². The van der Waals surface area contributed by atoms with Gasteiger partial charge in [0.05, 0.1) is 0 Å². The summed E-state index contributed by atoms with van der Waals surface area (Å²) in [6, 6.07) is 0. The van der Waals surface area contributed by atoms with Crippen molar-refractivity contribution in [2.24, 2.45) is 0 Å². The second-order valence-corrected chi connectivity index (χ2v) is 23.8. The molecule has 0 aliphatic rings. The van der Waals surface area contributed by atoms with E-state index in [4.69, 9.17) is 14.2 Å². The van der Waals surface area contributed by atoms with E-state index in [-0.39, 0.29) is 31.1 Å². The molecule has 454 valence electrons. The molecule has 0 N–H and O–H groups in total. The number of hydrogen-bond donors (Lipinski definition) is 0. The van der Waals surface area contributed by atoms with Gasteiger partial charge in [-0.3, -0.25) is 14.4 Å². The summed E-state index contributed by atoms with van der Waals surface area (Å²) in [6.07, 6.45) is 80.8. The van der Waals surface area contributed by atoms with Gasteiger partial charge in [0, 0.05) is 19.3 Å². The van der Waals surface area contributed by atoms with Crippen molar-refractivity contribution in [3.63, 3.8) is 0 Å². The molecule has 1 unspecified atom stereocenters. The molecular formula is C71H134O6. The average molecular weight is 1080 g/mol. The van der Waals surface area contributed by atoms with Crippen LogP contribution in [-0.4, -0.2) is 37.2 Å². The van der Waals surface area contributed by atoms with E-state index in [0.717, 1.165) is 64.2 Å². The van der Waals surface area contributed by atoms with E-state index >= 15 is 0 Å². The maximum atomic E-state index is 12.9. The second kappa shape index (κ2) is 66.4. The van der Waals surface area contributed by atoms with Gasteiger partial charge >= 0.3 is 17.9 Å². The third-order valence-corrected chi connectivity index (χ3v) is 15.9. The van der Waals surface area contributed by atoms with Crippen molar-refractivity contribution >= 4 is 17.9 Å². The molecule has 0 aromatic carbocycles. The zero-order valence-corrected chi connectivity index (χ0v) is 52.3. The Morgan fingerprint density at radius 3 is 0.688 bits per heavy atom. The monoisotopic (exact) mass is 1080 g/mol. The molecule has 0 saturated heterocycles. The van der Waals surface area contributed by atoms with Gasteiger partial charge in [-0.1, -0.05) is 334 Å². The van der Waals surface area contributed by atoms with E-state index < -0.39 is 6.10 Å². The van der Waals surface area contributed by atoms with Crippen LogP contribution in [-0.2, 0) is 28.6 Å². The van der Waals surface area contributed by atoms with Gasteiger partial charge in [-0.2, -0.15) is 0 Å². The number of unbranched alkanes of at least 4 members (excludes halogenated alkanes) is 50. The lowest BCUT2D eigenvalue weighted by Crippen LogP contribution is -2.30. The van der Waals surface area contributed by atoms with Crippen molar-refractivity contribution < 1.29 is 28.6 Å². The highest BCUT2D eigenvalue weighted by Crippen LogP contribution is 2.19. The van der Waals surface area contributed by atoms with Gasteiger partial charge in [-0.05, 0) is 64.2 Å². The molecule has 0 aliphatic carbocycles. The highest BCUT2D eigenvalue weighted by molar-refractivity contribution is 5.71. The van der Waals surface area contributed by atoms with Crippen LogP contribution in [0.1, 0.15) is 393 Å². The van der Waals surface area contributed by atoms with Crippen molar-refractivity contribution in [3.8, 4) is 0 Å². The van der Waals surface area contributed by atoms with Crippen LogP contribution in [0.25, 0.3) is 0 Å². The number of carbonyl (C=O) groups excluding carboxylic acids is 3. The third kappa shape index (κ3) is 64.6. The maximum absolute atomic E-state index is 12.9. The Morgan fingerprint density at radius 2 is 0.442 bits per heavy atom. The predicted molar refractivity (Wildman–Crippen MR) is 335 cm³/mol. The Hall–Kier alpha value is -2.11. The summed E-state index contributed by atoms with van der Waals surface area (Å²) in [4.78, 5) is 38.3. The van der Waals surface area contributed by atoms with E-state index in [2.05, 4.69) is 45.1 Å². The van der Waals surface area contributed by atoms with Crippen LogP contribution in [0.5, 0.6) is 0 Å². The molecule has 6 nitrogen and oxygen atoms in total. The summed E-state index contributed by atoms with van der Waals surface area (Å²) in [5.74, 6) is -0.860. The van der Waals surface area contributed by atoms with Crippen molar-refractivity contribution in [1.82, 2.24) is 0 Å². The molecular weight excluding hydrogens is 949 g/mol. The lowest BCUT2D eigenvalue weighted by Gasteiger charge is -2.18. The Labute approximate surface area is 481 Å². The molecule has 0 radical (unpaired) electrons. The fourth-order valence-corrected chi connectivity index (χ4v) is 10.7. The van der Waals surface area contributed by atoms with E-state index in [1.54, 1.807) is 0 Å². The van der Waals surface area contributed by atoms with Gasteiger partial charge in [0.15, 0.2) is 6.10 Å². The molecule has 0 heterocycles. The van der Waals surface area contributed by atoms with Gasteiger partial charge < -0.3 is 14.2 Å². The maximum Gasteiger partial charge on any atom is 0.306 e. The molecule has 0 bridgehead atoms. The first-order chi connectivity index (χ1) is 38.0. The van der Waals surface area contributed by atoms with E-state index in [9.17, 15) is 14.4 Å². The Balaban J connectivity index is 4.08. The number of ether oxygens (including phenoxy) is 3. The summed E-state index contributed by atoms with van der Waals surface area (Å²) in [6.45, 7) is 6.66. The van der Waals surface area contributed by atoms with Crippen LogP contribution in [0.2, 0.25) is 0 Å². The summed E-state index contributed by atoms with van der Waals surface area (Å²) in [7, 11) is 0. The average Bonchev–Trinajstić information content (AvgIpc) is 3.43. The van der Waals surface area contributed by atoms with Crippen molar-refractivity contribution in [2.75, 3.05) is 13.2 Å². The van der Waals surface area contributed by atoms with Crippen LogP contribution in [0.4, 0.5) is 0 Å². The fourth-order valence-electron chi connectivity index (χ4n) is 10.7. The van der Waals surface area contributed by atoms with Crippen molar-refractivity contribution in [1.29, 1.82) is 0 Å². The van der Waals surface area contributed by atoms with E-state index in [1.807, 2.05) is 0 Å². The minimum atomic E-state index is -0.774.